The van der Waals surface area contributed by atoms with E-state index < -0.39 is 20.4 Å². The van der Waals surface area contributed by atoms with Crippen molar-refractivity contribution in [3.8, 4) is 16.9 Å². The summed E-state index contributed by atoms with van der Waals surface area (Å²) in [5, 5.41) is 4.42. The molecule has 6 nitrogen and oxygen atoms in total. The fourth-order valence-electron chi connectivity index (χ4n) is 1.63. The number of carbonyl (C=O) groups is 2. The molecule has 0 aromatic heterocycles. The van der Waals surface area contributed by atoms with Crippen LogP contribution in [0.3, 0.4) is 0 Å². The van der Waals surface area contributed by atoms with Crippen LogP contribution in [0.4, 0.5) is 9.59 Å². The van der Waals surface area contributed by atoms with Crippen LogP contribution in [-0.2, 0) is 9.84 Å². The van der Waals surface area contributed by atoms with Gasteiger partial charge in [-0.2, -0.15) is 0 Å². The van der Waals surface area contributed by atoms with E-state index in [1.807, 2.05) is 0 Å². The van der Waals surface area contributed by atoms with Crippen LogP contribution in [0.2, 0.25) is 0 Å². The third kappa shape index (κ3) is 3.09. The molecule has 0 aliphatic carbocycles. The largest absolute Gasteiger partial charge is 0.469 e. The van der Waals surface area contributed by atoms with E-state index in [0.29, 0.717) is 11.1 Å². The van der Waals surface area contributed by atoms with Gasteiger partial charge in [0.15, 0.2) is 0 Å². The second kappa shape index (κ2) is 5.76. The minimum absolute atomic E-state index is 0.0291. The number of hydrogen-bond donors (Lipinski definition) is 1. The highest BCUT2D eigenvalue weighted by Gasteiger charge is 2.34. The molecule has 0 spiro atoms. The molecule has 1 N–H and O–H groups in total. The highest BCUT2D eigenvalue weighted by molar-refractivity contribution is 8.18. The van der Waals surface area contributed by atoms with Gasteiger partial charge in [0.2, 0.25) is 0 Å². The fraction of sp³-hybridized carbons (Fsp3) is 0. The molecule has 108 valence electrons. The van der Waals surface area contributed by atoms with E-state index in [4.69, 9.17) is 9.84 Å². The summed E-state index contributed by atoms with van der Waals surface area (Å²) in [4.78, 5) is 22.0. The Bertz CT molecular complexity index is 780. The van der Waals surface area contributed by atoms with Gasteiger partial charge in [-0.05, 0) is 11.6 Å². The average Bonchev–Trinajstić information content (AvgIpc) is 2.48. The predicted octanol–water partition coefficient (Wildman–Crippen LogP) is 2.95. The van der Waals surface area contributed by atoms with Crippen molar-refractivity contribution in [2.75, 3.05) is 0 Å². The third-order valence-corrected chi connectivity index (χ3v) is 3.60. The van der Waals surface area contributed by atoms with Crippen molar-refractivity contribution in [2.45, 2.75) is 0 Å². The van der Waals surface area contributed by atoms with E-state index >= 15 is 0 Å². The highest BCUT2D eigenvalue weighted by atomic mass is 32.2. The molecule has 0 radical (unpaired) electrons. The summed E-state index contributed by atoms with van der Waals surface area (Å²) in [5.74, 6) is -0.0291. The second-order valence-corrected chi connectivity index (χ2v) is 5.67. The van der Waals surface area contributed by atoms with E-state index in [1.54, 1.807) is 48.5 Å². The number of ether oxygens (including phenoxy) is 1. The zero-order valence-corrected chi connectivity index (χ0v) is 11.4. The van der Waals surface area contributed by atoms with Gasteiger partial charge < -0.3 is 9.84 Å². The van der Waals surface area contributed by atoms with Crippen LogP contribution in [0.15, 0.2) is 54.6 Å². The maximum atomic E-state index is 11.5. The molecule has 0 aliphatic heterocycles. The molecular formula is C14H10O6S. The lowest BCUT2D eigenvalue weighted by Gasteiger charge is -2.09. The van der Waals surface area contributed by atoms with Gasteiger partial charge in [-0.15, -0.1) is 0 Å². The summed E-state index contributed by atoms with van der Waals surface area (Å²) >= 11 is 0. The van der Waals surface area contributed by atoms with Gasteiger partial charge >= 0.3 is 20.4 Å². The van der Waals surface area contributed by atoms with Crippen LogP contribution in [0.25, 0.3) is 11.1 Å². The first-order valence-electron chi connectivity index (χ1n) is 5.77. The monoisotopic (exact) mass is 306 g/mol. The molecule has 0 saturated carbocycles. The molecule has 2 rings (SSSR count). The molecule has 0 amide bonds. The SMILES string of the molecule is O=C(O)S(=O)(=O)C(=O)Oc1ccccc1-c1ccccc1. The number of carboxylic acid groups (broad SMARTS) is 1. The molecular weight excluding hydrogens is 296 g/mol. The Morgan fingerprint density at radius 3 is 2.10 bits per heavy atom. The van der Waals surface area contributed by atoms with Gasteiger partial charge in [0.1, 0.15) is 5.75 Å². The minimum atomic E-state index is -5.02. The molecule has 0 aliphatic rings. The molecule has 21 heavy (non-hydrogen) atoms. The van der Waals surface area contributed by atoms with Gasteiger partial charge in [0, 0.05) is 5.56 Å². The Labute approximate surface area is 120 Å². The van der Waals surface area contributed by atoms with Crippen LogP contribution in [0.5, 0.6) is 5.75 Å². The van der Waals surface area contributed by atoms with Gasteiger partial charge in [0.05, 0.1) is 0 Å². The van der Waals surface area contributed by atoms with Crippen molar-refractivity contribution in [1.82, 2.24) is 0 Å². The third-order valence-electron chi connectivity index (χ3n) is 2.61. The van der Waals surface area contributed by atoms with E-state index in [1.165, 1.54) is 6.07 Å². The van der Waals surface area contributed by atoms with Crippen LogP contribution in [-0.4, -0.2) is 24.1 Å². The van der Waals surface area contributed by atoms with Crippen molar-refractivity contribution in [3.05, 3.63) is 54.6 Å². The summed E-state index contributed by atoms with van der Waals surface area (Å²) in [7, 11) is -5.02. The van der Waals surface area contributed by atoms with E-state index in [-0.39, 0.29) is 5.75 Å². The second-order valence-electron chi connectivity index (χ2n) is 3.98. The Morgan fingerprint density at radius 1 is 0.905 bits per heavy atom. The number of carbonyl (C=O) groups excluding carboxylic acids is 1. The molecule has 0 fully saturated rings. The summed E-state index contributed by atoms with van der Waals surface area (Å²) in [5.41, 5.74) is 1.18. The Balaban J connectivity index is 2.39. The summed E-state index contributed by atoms with van der Waals surface area (Å²) in [6.07, 6.45) is 0. The summed E-state index contributed by atoms with van der Waals surface area (Å²) < 4.78 is 27.1. The van der Waals surface area contributed by atoms with Gasteiger partial charge in [-0.25, -0.2) is 18.0 Å². The van der Waals surface area contributed by atoms with Gasteiger partial charge in [0.25, 0.3) is 0 Å². The van der Waals surface area contributed by atoms with Crippen LogP contribution >= 0.6 is 0 Å². The molecule has 0 bridgehead atoms. The fourth-order valence-corrected chi connectivity index (χ4v) is 1.97. The first-order valence-corrected chi connectivity index (χ1v) is 7.25. The van der Waals surface area contributed by atoms with Crippen molar-refractivity contribution >= 4 is 20.4 Å². The van der Waals surface area contributed by atoms with Crippen LogP contribution in [0.1, 0.15) is 0 Å². The Kier molecular flexibility index (Phi) is 4.04. The van der Waals surface area contributed by atoms with Crippen molar-refractivity contribution < 1.29 is 27.9 Å². The minimum Gasteiger partial charge on any atom is -0.469 e. The van der Waals surface area contributed by atoms with Gasteiger partial charge in [-0.1, -0.05) is 48.5 Å². The molecule has 2 aromatic carbocycles. The molecule has 2 aromatic rings. The molecule has 0 saturated heterocycles. The van der Waals surface area contributed by atoms with Crippen LogP contribution < -0.4 is 4.74 Å². The topological polar surface area (TPSA) is 97.7 Å². The quantitative estimate of drug-likeness (QED) is 0.857. The molecule has 0 atom stereocenters. The van der Waals surface area contributed by atoms with E-state index in [0.717, 1.165) is 0 Å². The first-order chi connectivity index (χ1) is 9.93. The Morgan fingerprint density at radius 2 is 1.48 bits per heavy atom. The molecule has 7 heteroatoms. The van der Waals surface area contributed by atoms with Crippen molar-refractivity contribution in [3.63, 3.8) is 0 Å². The van der Waals surface area contributed by atoms with Crippen LogP contribution in [0, 0.1) is 0 Å². The number of para-hydroxylation sites is 1. The van der Waals surface area contributed by atoms with Gasteiger partial charge in [-0.3, -0.25) is 0 Å². The Hall–Kier alpha value is -2.67. The zero-order chi connectivity index (χ0) is 15.5. The average molecular weight is 306 g/mol. The zero-order valence-electron chi connectivity index (χ0n) is 10.6. The predicted molar refractivity (Wildman–Crippen MR) is 74.8 cm³/mol. The lowest BCUT2D eigenvalue weighted by molar-refractivity contribution is 0.214. The maximum absolute atomic E-state index is 11.5. The summed E-state index contributed by atoms with van der Waals surface area (Å²) in [6.45, 7) is 0. The smallest absolute Gasteiger partial charge is 0.441 e. The standard InChI is InChI=1S/C14H10O6S/c15-13(16)21(18,19)14(17)20-12-9-5-4-8-11(12)10-6-2-1-3-7-10/h1-9H,(H,15,16). The number of sulfone groups is 1. The normalized spacial score (nSPS) is 10.9. The summed E-state index contributed by atoms with van der Waals surface area (Å²) in [6, 6.07) is 15.1. The maximum Gasteiger partial charge on any atom is 0.441 e. The van der Waals surface area contributed by atoms with Crippen molar-refractivity contribution in [1.29, 1.82) is 0 Å². The van der Waals surface area contributed by atoms with E-state index in [2.05, 4.69) is 0 Å². The molecule has 0 unspecified atom stereocenters. The number of benzene rings is 2. The highest BCUT2D eigenvalue weighted by Crippen LogP contribution is 2.30. The number of rotatable bonds is 2. The lowest BCUT2D eigenvalue weighted by Crippen LogP contribution is -2.25. The lowest BCUT2D eigenvalue weighted by atomic mass is 10.1. The molecule has 0 heterocycles. The number of hydrogen-bond acceptors (Lipinski definition) is 5. The van der Waals surface area contributed by atoms with E-state index in [9.17, 15) is 18.0 Å². The van der Waals surface area contributed by atoms with Crippen molar-refractivity contribution in [2.24, 2.45) is 0 Å². The first kappa shape index (κ1) is 14.7.